The SMILES string of the molecule is CCCCCCCCCCCCS(=O)(=O)c1ccc([C@@H](N)C(F)(F)F)cc1. The molecule has 0 spiro atoms. The Morgan fingerprint density at radius 2 is 1.30 bits per heavy atom. The number of sulfone groups is 1. The zero-order valence-electron chi connectivity index (χ0n) is 16.1. The molecule has 0 fully saturated rings. The molecule has 0 aromatic heterocycles. The Hall–Kier alpha value is -1.08. The monoisotopic (exact) mass is 407 g/mol. The second kappa shape index (κ2) is 11.7. The lowest BCUT2D eigenvalue weighted by atomic mass is 10.1. The average Bonchev–Trinajstić information content (AvgIpc) is 2.62. The van der Waals surface area contributed by atoms with Gasteiger partial charge in [0, 0.05) is 0 Å². The molecular formula is C20H32F3NO2S. The van der Waals surface area contributed by atoms with Crippen molar-refractivity contribution in [2.75, 3.05) is 5.75 Å². The first-order chi connectivity index (χ1) is 12.7. The first-order valence-electron chi connectivity index (χ1n) is 9.83. The summed E-state index contributed by atoms with van der Waals surface area (Å²) in [5.74, 6) is 0.0220. The maximum absolute atomic E-state index is 12.6. The molecule has 0 saturated heterocycles. The predicted octanol–water partition coefficient (Wildman–Crippen LogP) is 5.94. The number of nitrogens with two attached hydrogens (primary N) is 1. The third-order valence-electron chi connectivity index (χ3n) is 4.72. The Balaban J connectivity index is 2.33. The topological polar surface area (TPSA) is 60.2 Å². The molecule has 7 heteroatoms. The molecule has 27 heavy (non-hydrogen) atoms. The van der Waals surface area contributed by atoms with Crippen LogP contribution in [0.1, 0.15) is 82.7 Å². The molecule has 0 heterocycles. The van der Waals surface area contributed by atoms with E-state index < -0.39 is 22.1 Å². The summed E-state index contributed by atoms with van der Waals surface area (Å²) in [6, 6.07) is 2.61. The van der Waals surface area contributed by atoms with Crippen molar-refractivity contribution in [1.29, 1.82) is 0 Å². The van der Waals surface area contributed by atoms with Crippen LogP contribution in [-0.2, 0) is 9.84 Å². The van der Waals surface area contributed by atoms with E-state index in [0.717, 1.165) is 31.4 Å². The molecule has 0 bridgehead atoms. The molecular weight excluding hydrogens is 375 g/mol. The summed E-state index contributed by atoms with van der Waals surface area (Å²) in [4.78, 5) is 0.0524. The van der Waals surface area contributed by atoms with Crippen molar-refractivity contribution in [3.05, 3.63) is 29.8 Å². The largest absolute Gasteiger partial charge is 0.407 e. The molecule has 3 nitrogen and oxygen atoms in total. The van der Waals surface area contributed by atoms with Gasteiger partial charge in [0.2, 0.25) is 0 Å². The zero-order valence-corrected chi connectivity index (χ0v) is 16.9. The molecule has 1 aromatic carbocycles. The van der Waals surface area contributed by atoms with E-state index in [2.05, 4.69) is 6.92 Å². The number of hydrogen-bond acceptors (Lipinski definition) is 3. The third-order valence-corrected chi connectivity index (χ3v) is 6.53. The average molecular weight is 408 g/mol. The minimum absolute atomic E-state index is 0.0220. The highest BCUT2D eigenvalue weighted by molar-refractivity contribution is 7.91. The molecule has 0 aliphatic rings. The van der Waals surface area contributed by atoms with Gasteiger partial charge in [-0.2, -0.15) is 13.2 Å². The minimum Gasteiger partial charge on any atom is -0.316 e. The number of rotatable bonds is 13. The van der Waals surface area contributed by atoms with Crippen molar-refractivity contribution in [2.24, 2.45) is 5.73 Å². The van der Waals surface area contributed by atoms with Crippen LogP contribution in [0.15, 0.2) is 29.2 Å². The fourth-order valence-corrected chi connectivity index (χ4v) is 4.34. The Labute approximate surface area is 161 Å². The van der Waals surface area contributed by atoms with Gasteiger partial charge in [-0.05, 0) is 24.1 Å². The molecule has 0 aliphatic carbocycles. The lowest BCUT2D eigenvalue weighted by molar-refractivity contribution is -0.149. The lowest BCUT2D eigenvalue weighted by Crippen LogP contribution is -2.28. The summed E-state index contributed by atoms with van der Waals surface area (Å²) in [6.07, 6.45) is 6.55. The van der Waals surface area contributed by atoms with Gasteiger partial charge in [0.05, 0.1) is 10.6 Å². The van der Waals surface area contributed by atoms with Crippen LogP contribution in [0.3, 0.4) is 0 Å². The van der Waals surface area contributed by atoms with Crippen molar-refractivity contribution < 1.29 is 21.6 Å². The maximum Gasteiger partial charge on any atom is 0.407 e. The molecule has 0 unspecified atom stereocenters. The normalized spacial score (nSPS) is 13.7. The first kappa shape index (κ1) is 24.0. The summed E-state index contributed by atoms with van der Waals surface area (Å²) in [5.41, 5.74) is 4.99. The fourth-order valence-electron chi connectivity index (χ4n) is 2.97. The van der Waals surface area contributed by atoms with Crippen LogP contribution >= 0.6 is 0 Å². The van der Waals surface area contributed by atoms with E-state index in [0.29, 0.717) is 6.42 Å². The predicted molar refractivity (Wildman–Crippen MR) is 103 cm³/mol. The van der Waals surface area contributed by atoms with Gasteiger partial charge in [-0.15, -0.1) is 0 Å². The first-order valence-corrected chi connectivity index (χ1v) is 11.5. The molecule has 0 aliphatic heterocycles. The number of hydrogen-bond donors (Lipinski definition) is 1. The number of alkyl halides is 3. The van der Waals surface area contributed by atoms with Gasteiger partial charge >= 0.3 is 6.18 Å². The molecule has 0 amide bonds. The molecule has 0 saturated carbocycles. The Kier molecular flexibility index (Phi) is 10.4. The van der Waals surface area contributed by atoms with Crippen LogP contribution < -0.4 is 5.73 Å². The van der Waals surface area contributed by atoms with E-state index in [9.17, 15) is 21.6 Å². The Morgan fingerprint density at radius 3 is 1.74 bits per heavy atom. The van der Waals surface area contributed by atoms with Gasteiger partial charge < -0.3 is 5.73 Å². The van der Waals surface area contributed by atoms with E-state index in [-0.39, 0.29) is 16.2 Å². The van der Waals surface area contributed by atoms with Crippen molar-refractivity contribution in [2.45, 2.75) is 88.2 Å². The van der Waals surface area contributed by atoms with Gasteiger partial charge in [-0.25, -0.2) is 8.42 Å². The van der Waals surface area contributed by atoms with Crippen molar-refractivity contribution >= 4 is 9.84 Å². The molecule has 1 atom stereocenters. The third kappa shape index (κ3) is 9.10. The second-order valence-corrected chi connectivity index (χ2v) is 9.20. The summed E-state index contributed by atoms with van der Waals surface area (Å²) in [6.45, 7) is 2.19. The number of benzene rings is 1. The highest BCUT2D eigenvalue weighted by atomic mass is 32.2. The van der Waals surface area contributed by atoms with Gasteiger partial charge in [0.25, 0.3) is 0 Å². The highest BCUT2D eigenvalue weighted by Gasteiger charge is 2.37. The van der Waals surface area contributed by atoms with Crippen LogP contribution in [0.4, 0.5) is 13.2 Å². The minimum atomic E-state index is -4.55. The van der Waals surface area contributed by atoms with Crippen molar-refractivity contribution in [3.63, 3.8) is 0 Å². The van der Waals surface area contributed by atoms with Crippen LogP contribution in [-0.4, -0.2) is 20.3 Å². The van der Waals surface area contributed by atoms with E-state index in [1.807, 2.05) is 0 Å². The standard InChI is InChI=1S/C20H32F3NO2S/c1-2-3-4-5-6-7-8-9-10-11-16-27(25,26)18-14-12-17(13-15-18)19(24)20(21,22)23/h12-15,19H,2-11,16,24H2,1H3/t19-/m1/s1. The van der Waals surface area contributed by atoms with E-state index in [4.69, 9.17) is 5.73 Å². The molecule has 2 N–H and O–H groups in total. The molecule has 0 radical (unpaired) electrons. The molecule has 1 rings (SSSR count). The molecule has 1 aromatic rings. The van der Waals surface area contributed by atoms with E-state index in [1.165, 1.54) is 50.7 Å². The summed E-state index contributed by atoms with van der Waals surface area (Å²) in [7, 11) is -3.47. The van der Waals surface area contributed by atoms with E-state index in [1.54, 1.807) is 0 Å². The lowest BCUT2D eigenvalue weighted by Gasteiger charge is -2.16. The maximum atomic E-state index is 12.6. The van der Waals surface area contributed by atoms with Crippen molar-refractivity contribution in [1.82, 2.24) is 0 Å². The Bertz CT molecular complexity index is 628. The summed E-state index contributed by atoms with van der Waals surface area (Å²) < 4.78 is 62.4. The van der Waals surface area contributed by atoms with Gasteiger partial charge in [-0.3, -0.25) is 0 Å². The second-order valence-electron chi connectivity index (χ2n) is 7.09. The summed E-state index contributed by atoms with van der Waals surface area (Å²) >= 11 is 0. The Morgan fingerprint density at radius 1 is 0.852 bits per heavy atom. The fraction of sp³-hybridized carbons (Fsp3) is 0.700. The summed E-state index contributed by atoms with van der Waals surface area (Å²) in [5, 5.41) is 0. The van der Waals surface area contributed by atoms with Crippen LogP contribution in [0, 0.1) is 0 Å². The van der Waals surface area contributed by atoms with Crippen LogP contribution in [0.2, 0.25) is 0 Å². The van der Waals surface area contributed by atoms with Gasteiger partial charge in [-0.1, -0.05) is 76.8 Å². The smallest absolute Gasteiger partial charge is 0.316 e. The van der Waals surface area contributed by atoms with Gasteiger partial charge in [0.15, 0.2) is 9.84 Å². The number of halogens is 3. The quantitative estimate of drug-likeness (QED) is 0.411. The van der Waals surface area contributed by atoms with E-state index >= 15 is 0 Å². The van der Waals surface area contributed by atoms with Crippen LogP contribution in [0.5, 0.6) is 0 Å². The van der Waals surface area contributed by atoms with Crippen molar-refractivity contribution in [3.8, 4) is 0 Å². The van der Waals surface area contributed by atoms with Gasteiger partial charge in [0.1, 0.15) is 6.04 Å². The highest BCUT2D eigenvalue weighted by Crippen LogP contribution is 2.30. The van der Waals surface area contributed by atoms with Crippen LogP contribution in [0.25, 0.3) is 0 Å². The molecule has 156 valence electrons. The zero-order chi connectivity index (χ0) is 20.3. The number of unbranched alkanes of at least 4 members (excludes halogenated alkanes) is 9.